The Morgan fingerprint density at radius 2 is 2.00 bits per heavy atom. The number of aliphatic carboxylic acids is 1. The van der Waals surface area contributed by atoms with Crippen LogP contribution >= 0.6 is 0 Å². The van der Waals surface area contributed by atoms with Crippen LogP contribution in [0.3, 0.4) is 0 Å². The van der Waals surface area contributed by atoms with Gasteiger partial charge in [0.25, 0.3) is 0 Å². The van der Waals surface area contributed by atoms with E-state index in [1.807, 2.05) is 0 Å². The number of hydrogen-bond donors (Lipinski definition) is 1. The summed E-state index contributed by atoms with van der Waals surface area (Å²) in [6.45, 7) is 1.71. The fourth-order valence-electron chi connectivity index (χ4n) is 3.15. The molecule has 0 bridgehead atoms. The zero-order valence-corrected chi connectivity index (χ0v) is 11.2. The maximum Gasteiger partial charge on any atom is 0.320 e. The minimum absolute atomic E-state index is 0.291. The van der Waals surface area contributed by atoms with E-state index in [0.717, 1.165) is 38.3 Å². The smallest absolute Gasteiger partial charge is 0.320 e. The number of nitrogens with zero attached hydrogens (tertiary/aromatic N) is 1. The Hall–Kier alpha value is -1.35. The van der Waals surface area contributed by atoms with Crippen molar-refractivity contribution in [3.63, 3.8) is 0 Å². The van der Waals surface area contributed by atoms with Crippen LogP contribution in [-0.2, 0) is 11.3 Å². The van der Waals surface area contributed by atoms with E-state index >= 15 is 0 Å². The zero-order chi connectivity index (χ0) is 13.2. The van der Waals surface area contributed by atoms with Crippen LogP contribution in [0.25, 0.3) is 0 Å². The normalized spacial score (nSPS) is 24.3. The van der Waals surface area contributed by atoms with Crippen molar-refractivity contribution in [2.24, 2.45) is 0 Å². The Balaban J connectivity index is 1.77. The third-order valence-electron chi connectivity index (χ3n) is 4.34. The predicted molar refractivity (Wildman–Crippen MR) is 74.1 cm³/mol. The van der Waals surface area contributed by atoms with Crippen molar-refractivity contribution in [1.82, 2.24) is 4.90 Å². The molecule has 19 heavy (non-hydrogen) atoms. The molecular formula is C16H21NO2. The number of piperidine rings is 1. The summed E-state index contributed by atoms with van der Waals surface area (Å²) in [5, 5.41) is 9.34. The van der Waals surface area contributed by atoms with E-state index in [0.29, 0.717) is 0 Å². The highest BCUT2D eigenvalue weighted by Gasteiger charge is 2.30. The number of hydrogen-bond acceptors (Lipinski definition) is 2. The molecule has 1 saturated carbocycles. The number of rotatable bonds is 4. The first-order chi connectivity index (χ1) is 9.25. The standard InChI is InChI=1S/C16H21NO2/c18-16(19)15-7-3-4-10-17(15)11-13-5-1-2-6-14(13)12-8-9-12/h1-2,5-6,12,15H,3-4,7-11H2,(H,18,19). The summed E-state index contributed by atoms with van der Waals surface area (Å²) in [5.74, 6) is 0.0628. The number of likely N-dealkylation sites (tertiary alicyclic amines) is 1. The van der Waals surface area contributed by atoms with Crippen LogP contribution in [-0.4, -0.2) is 28.6 Å². The van der Waals surface area contributed by atoms with Gasteiger partial charge in [-0.3, -0.25) is 9.69 Å². The molecule has 1 saturated heterocycles. The lowest BCUT2D eigenvalue weighted by atomic mass is 9.98. The second kappa shape index (κ2) is 5.33. The highest BCUT2D eigenvalue weighted by Crippen LogP contribution is 2.42. The largest absolute Gasteiger partial charge is 0.480 e. The van der Waals surface area contributed by atoms with E-state index in [1.54, 1.807) is 0 Å². The molecule has 1 heterocycles. The van der Waals surface area contributed by atoms with Gasteiger partial charge in [-0.25, -0.2) is 0 Å². The van der Waals surface area contributed by atoms with E-state index in [9.17, 15) is 9.90 Å². The van der Waals surface area contributed by atoms with Crippen molar-refractivity contribution in [2.45, 2.75) is 50.6 Å². The van der Waals surface area contributed by atoms with Crippen LogP contribution < -0.4 is 0 Å². The zero-order valence-electron chi connectivity index (χ0n) is 11.2. The Labute approximate surface area is 114 Å². The SMILES string of the molecule is O=C(O)C1CCCCN1Cc1ccccc1C1CC1. The van der Waals surface area contributed by atoms with Crippen LogP contribution in [0.5, 0.6) is 0 Å². The first-order valence-electron chi connectivity index (χ1n) is 7.30. The molecule has 1 unspecified atom stereocenters. The van der Waals surface area contributed by atoms with E-state index < -0.39 is 5.97 Å². The van der Waals surface area contributed by atoms with Crippen LogP contribution in [0.1, 0.15) is 49.1 Å². The van der Waals surface area contributed by atoms with Gasteiger partial charge >= 0.3 is 5.97 Å². The summed E-state index contributed by atoms with van der Waals surface area (Å²) in [6.07, 6.45) is 5.53. The average Bonchev–Trinajstić information content (AvgIpc) is 3.24. The summed E-state index contributed by atoms with van der Waals surface area (Å²) in [6, 6.07) is 8.26. The molecule has 0 radical (unpaired) electrons. The van der Waals surface area contributed by atoms with Gasteiger partial charge in [-0.15, -0.1) is 0 Å². The fourth-order valence-corrected chi connectivity index (χ4v) is 3.15. The summed E-state index contributed by atoms with van der Waals surface area (Å²) in [5.41, 5.74) is 2.77. The molecule has 0 spiro atoms. The average molecular weight is 259 g/mol. The minimum atomic E-state index is -0.663. The number of carboxylic acids is 1. The van der Waals surface area contributed by atoms with Gasteiger partial charge in [0.1, 0.15) is 6.04 Å². The number of carbonyl (C=O) groups is 1. The third-order valence-corrected chi connectivity index (χ3v) is 4.34. The topological polar surface area (TPSA) is 40.5 Å². The van der Waals surface area contributed by atoms with Crippen molar-refractivity contribution in [3.05, 3.63) is 35.4 Å². The molecule has 3 heteroatoms. The van der Waals surface area contributed by atoms with E-state index in [2.05, 4.69) is 29.2 Å². The Morgan fingerprint density at radius 3 is 2.74 bits per heavy atom. The molecule has 102 valence electrons. The second-order valence-corrected chi connectivity index (χ2v) is 5.79. The summed E-state index contributed by atoms with van der Waals surface area (Å²) < 4.78 is 0. The van der Waals surface area contributed by atoms with E-state index in [-0.39, 0.29) is 6.04 Å². The third kappa shape index (κ3) is 2.81. The monoisotopic (exact) mass is 259 g/mol. The van der Waals surface area contributed by atoms with Gasteiger partial charge in [-0.1, -0.05) is 30.7 Å². The number of carboxylic acid groups (broad SMARTS) is 1. The second-order valence-electron chi connectivity index (χ2n) is 5.79. The van der Waals surface area contributed by atoms with E-state index in [1.165, 1.54) is 24.0 Å². The molecule has 0 amide bonds. The number of benzene rings is 1. The van der Waals surface area contributed by atoms with Crippen molar-refractivity contribution in [3.8, 4) is 0 Å². The molecule has 1 atom stereocenters. The van der Waals surface area contributed by atoms with Gasteiger partial charge in [0.15, 0.2) is 0 Å². The molecule has 2 aliphatic rings. The van der Waals surface area contributed by atoms with Crippen LogP contribution in [0.15, 0.2) is 24.3 Å². The molecule has 0 aromatic heterocycles. The van der Waals surface area contributed by atoms with Crippen LogP contribution in [0, 0.1) is 0 Å². The molecule has 3 nitrogen and oxygen atoms in total. The first kappa shape index (κ1) is 12.7. The summed E-state index contributed by atoms with van der Waals surface area (Å²) in [4.78, 5) is 13.5. The highest BCUT2D eigenvalue weighted by molar-refractivity contribution is 5.73. The lowest BCUT2D eigenvalue weighted by Gasteiger charge is -2.33. The van der Waals surface area contributed by atoms with Gasteiger partial charge in [0.05, 0.1) is 0 Å². The molecule has 3 rings (SSSR count). The van der Waals surface area contributed by atoms with Gasteiger partial charge in [-0.2, -0.15) is 0 Å². The molecule has 1 aliphatic carbocycles. The van der Waals surface area contributed by atoms with Gasteiger partial charge in [0.2, 0.25) is 0 Å². The quantitative estimate of drug-likeness (QED) is 0.903. The summed E-state index contributed by atoms with van der Waals surface area (Å²) >= 11 is 0. The molecule has 1 aliphatic heterocycles. The van der Waals surface area contributed by atoms with Crippen molar-refractivity contribution in [1.29, 1.82) is 0 Å². The molecule has 2 fully saturated rings. The Bertz CT molecular complexity index is 468. The molecule has 1 aromatic rings. The molecular weight excluding hydrogens is 238 g/mol. The van der Waals surface area contributed by atoms with Gasteiger partial charge < -0.3 is 5.11 Å². The van der Waals surface area contributed by atoms with Crippen molar-refractivity contribution in [2.75, 3.05) is 6.54 Å². The Kier molecular flexibility index (Phi) is 3.56. The van der Waals surface area contributed by atoms with Crippen molar-refractivity contribution >= 4 is 5.97 Å². The fraction of sp³-hybridized carbons (Fsp3) is 0.562. The molecule has 1 aromatic carbocycles. The van der Waals surface area contributed by atoms with Crippen LogP contribution in [0.2, 0.25) is 0 Å². The minimum Gasteiger partial charge on any atom is -0.480 e. The van der Waals surface area contributed by atoms with Gasteiger partial charge in [0, 0.05) is 6.54 Å². The van der Waals surface area contributed by atoms with Gasteiger partial charge in [-0.05, 0) is 49.3 Å². The van der Waals surface area contributed by atoms with Crippen molar-refractivity contribution < 1.29 is 9.90 Å². The van der Waals surface area contributed by atoms with Crippen LogP contribution in [0.4, 0.5) is 0 Å². The maximum absolute atomic E-state index is 11.3. The highest BCUT2D eigenvalue weighted by atomic mass is 16.4. The van der Waals surface area contributed by atoms with E-state index in [4.69, 9.17) is 0 Å². The lowest BCUT2D eigenvalue weighted by Crippen LogP contribution is -2.44. The first-order valence-corrected chi connectivity index (χ1v) is 7.30. The predicted octanol–water partition coefficient (Wildman–Crippen LogP) is 3.00. The molecule has 1 N–H and O–H groups in total. The lowest BCUT2D eigenvalue weighted by molar-refractivity contribution is -0.144. The summed E-state index contributed by atoms with van der Waals surface area (Å²) in [7, 11) is 0. The maximum atomic E-state index is 11.3. The Morgan fingerprint density at radius 1 is 1.21 bits per heavy atom.